The van der Waals surface area contributed by atoms with Gasteiger partial charge >= 0.3 is 5.97 Å². The lowest BCUT2D eigenvalue weighted by Crippen LogP contribution is -2.36. The Kier molecular flexibility index (Phi) is 6.64. The second-order valence-corrected chi connectivity index (χ2v) is 6.05. The second kappa shape index (κ2) is 8.71. The van der Waals surface area contributed by atoms with E-state index in [4.69, 9.17) is 23.2 Å². The predicted molar refractivity (Wildman–Crippen MR) is 94.0 cm³/mol. The molecule has 1 amide bonds. The lowest BCUT2D eigenvalue weighted by molar-refractivity contribution is -0.147. The SMILES string of the molecule is COC(=O)CN(Cc1ccccc1)C(=O)Cc1ccc(Cl)c(Cl)c1. The second-order valence-electron chi connectivity index (χ2n) is 5.24. The fourth-order valence-corrected chi connectivity index (χ4v) is 2.51. The van der Waals surface area contributed by atoms with Gasteiger partial charge in [0.15, 0.2) is 0 Å². The summed E-state index contributed by atoms with van der Waals surface area (Å²) < 4.78 is 4.68. The number of benzene rings is 2. The standard InChI is InChI=1S/C18H17Cl2NO3/c1-24-18(23)12-21(11-13-5-3-2-4-6-13)17(22)10-14-7-8-15(19)16(20)9-14/h2-9H,10-12H2,1H3. The number of methoxy groups -OCH3 is 1. The van der Waals surface area contributed by atoms with Gasteiger partial charge in [0.05, 0.1) is 23.6 Å². The van der Waals surface area contributed by atoms with Gasteiger partial charge in [0.25, 0.3) is 0 Å². The van der Waals surface area contributed by atoms with E-state index in [0.717, 1.165) is 11.1 Å². The van der Waals surface area contributed by atoms with Gasteiger partial charge in [-0.2, -0.15) is 0 Å². The highest BCUT2D eigenvalue weighted by Crippen LogP contribution is 2.23. The summed E-state index contributed by atoms with van der Waals surface area (Å²) in [5, 5.41) is 0.827. The van der Waals surface area contributed by atoms with E-state index in [0.29, 0.717) is 16.6 Å². The maximum absolute atomic E-state index is 12.6. The third-order valence-electron chi connectivity index (χ3n) is 3.46. The molecule has 4 nitrogen and oxygen atoms in total. The molecule has 2 rings (SSSR count). The Morgan fingerprint density at radius 3 is 2.33 bits per heavy atom. The minimum absolute atomic E-state index is 0.106. The van der Waals surface area contributed by atoms with Crippen molar-refractivity contribution >= 4 is 35.1 Å². The first kappa shape index (κ1) is 18.3. The minimum Gasteiger partial charge on any atom is -0.468 e. The fourth-order valence-electron chi connectivity index (χ4n) is 2.19. The summed E-state index contributed by atoms with van der Waals surface area (Å²) >= 11 is 11.9. The Morgan fingerprint density at radius 1 is 1.00 bits per heavy atom. The zero-order valence-corrected chi connectivity index (χ0v) is 14.7. The van der Waals surface area contributed by atoms with Gasteiger partial charge in [-0.05, 0) is 23.3 Å². The molecule has 0 radical (unpaired) electrons. The molecule has 0 fully saturated rings. The van der Waals surface area contributed by atoms with Crippen LogP contribution in [0.3, 0.4) is 0 Å². The van der Waals surface area contributed by atoms with Gasteiger partial charge in [0.2, 0.25) is 5.91 Å². The van der Waals surface area contributed by atoms with E-state index in [1.165, 1.54) is 12.0 Å². The van der Waals surface area contributed by atoms with E-state index in [9.17, 15) is 9.59 Å². The smallest absolute Gasteiger partial charge is 0.325 e. The molecule has 0 saturated carbocycles. The quantitative estimate of drug-likeness (QED) is 0.732. The van der Waals surface area contributed by atoms with Crippen LogP contribution in [-0.2, 0) is 27.3 Å². The van der Waals surface area contributed by atoms with Crippen LogP contribution in [0.2, 0.25) is 10.0 Å². The molecule has 2 aromatic rings. The van der Waals surface area contributed by atoms with Gasteiger partial charge in [-0.25, -0.2) is 0 Å². The molecular formula is C18H17Cl2NO3. The van der Waals surface area contributed by atoms with Crippen LogP contribution in [-0.4, -0.2) is 30.4 Å². The molecule has 0 spiro atoms. The Bertz CT molecular complexity index is 719. The number of carbonyl (C=O) groups excluding carboxylic acids is 2. The van der Waals surface area contributed by atoms with Crippen molar-refractivity contribution in [1.82, 2.24) is 4.90 Å². The van der Waals surface area contributed by atoms with Crippen LogP contribution in [0.5, 0.6) is 0 Å². The molecule has 0 aliphatic rings. The summed E-state index contributed by atoms with van der Waals surface area (Å²) in [6, 6.07) is 14.5. The Morgan fingerprint density at radius 2 is 1.71 bits per heavy atom. The molecule has 0 saturated heterocycles. The molecule has 0 N–H and O–H groups in total. The molecule has 2 aromatic carbocycles. The monoisotopic (exact) mass is 365 g/mol. The molecule has 0 atom stereocenters. The average Bonchev–Trinajstić information content (AvgIpc) is 2.58. The number of rotatable bonds is 6. The molecular weight excluding hydrogens is 349 g/mol. The van der Waals surface area contributed by atoms with E-state index in [1.807, 2.05) is 30.3 Å². The zero-order valence-electron chi connectivity index (χ0n) is 13.2. The van der Waals surface area contributed by atoms with Crippen molar-refractivity contribution in [1.29, 1.82) is 0 Å². The van der Waals surface area contributed by atoms with Crippen molar-refractivity contribution in [3.05, 3.63) is 69.7 Å². The Balaban J connectivity index is 2.13. The van der Waals surface area contributed by atoms with Gasteiger partial charge in [0.1, 0.15) is 6.54 Å². The van der Waals surface area contributed by atoms with Crippen molar-refractivity contribution in [2.45, 2.75) is 13.0 Å². The fraction of sp³-hybridized carbons (Fsp3) is 0.222. The van der Waals surface area contributed by atoms with E-state index in [1.54, 1.807) is 18.2 Å². The van der Waals surface area contributed by atoms with Crippen molar-refractivity contribution < 1.29 is 14.3 Å². The lowest BCUT2D eigenvalue weighted by Gasteiger charge is -2.22. The number of hydrogen-bond acceptors (Lipinski definition) is 3. The highest BCUT2D eigenvalue weighted by atomic mass is 35.5. The summed E-state index contributed by atoms with van der Waals surface area (Å²) in [4.78, 5) is 25.7. The third kappa shape index (κ3) is 5.25. The van der Waals surface area contributed by atoms with Crippen molar-refractivity contribution in [2.24, 2.45) is 0 Å². The van der Waals surface area contributed by atoms with Crippen molar-refractivity contribution in [3.8, 4) is 0 Å². The summed E-state index contributed by atoms with van der Waals surface area (Å²) in [5.41, 5.74) is 1.67. The van der Waals surface area contributed by atoms with Crippen LogP contribution in [0.4, 0.5) is 0 Å². The van der Waals surface area contributed by atoms with Crippen LogP contribution < -0.4 is 0 Å². The largest absolute Gasteiger partial charge is 0.468 e. The molecule has 0 aromatic heterocycles. The maximum Gasteiger partial charge on any atom is 0.325 e. The van der Waals surface area contributed by atoms with E-state index in [-0.39, 0.29) is 18.9 Å². The molecule has 24 heavy (non-hydrogen) atoms. The Hall–Kier alpha value is -2.04. The van der Waals surface area contributed by atoms with Gasteiger partial charge in [-0.15, -0.1) is 0 Å². The third-order valence-corrected chi connectivity index (χ3v) is 4.19. The topological polar surface area (TPSA) is 46.6 Å². The van der Waals surface area contributed by atoms with Crippen molar-refractivity contribution in [3.63, 3.8) is 0 Å². The summed E-state index contributed by atoms with van der Waals surface area (Å²) in [5.74, 6) is -0.656. The minimum atomic E-state index is -0.464. The van der Waals surface area contributed by atoms with Crippen molar-refractivity contribution in [2.75, 3.05) is 13.7 Å². The Labute approximate surface area is 150 Å². The first-order valence-electron chi connectivity index (χ1n) is 7.32. The highest BCUT2D eigenvalue weighted by molar-refractivity contribution is 6.42. The van der Waals surface area contributed by atoms with Crippen LogP contribution in [0.25, 0.3) is 0 Å². The van der Waals surface area contributed by atoms with Gasteiger partial charge in [-0.1, -0.05) is 59.6 Å². The molecule has 0 unspecified atom stereocenters. The number of ether oxygens (including phenoxy) is 1. The number of hydrogen-bond donors (Lipinski definition) is 0. The number of carbonyl (C=O) groups is 2. The number of halogens is 2. The zero-order chi connectivity index (χ0) is 17.5. The summed E-state index contributed by atoms with van der Waals surface area (Å²) in [6.07, 6.45) is 0.126. The average molecular weight is 366 g/mol. The van der Waals surface area contributed by atoms with Crippen LogP contribution >= 0.6 is 23.2 Å². The summed E-state index contributed by atoms with van der Waals surface area (Å²) in [7, 11) is 1.30. The number of esters is 1. The normalized spacial score (nSPS) is 10.3. The maximum atomic E-state index is 12.6. The summed E-state index contributed by atoms with van der Waals surface area (Å²) in [6.45, 7) is 0.224. The number of nitrogens with zero attached hydrogens (tertiary/aromatic N) is 1. The molecule has 126 valence electrons. The van der Waals surface area contributed by atoms with Crippen LogP contribution in [0, 0.1) is 0 Å². The highest BCUT2D eigenvalue weighted by Gasteiger charge is 2.18. The predicted octanol–water partition coefficient (Wildman–Crippen LogP) is 3.74. The van der Waals surface area contributed by atoms with E-state index < -0.39 is 5.97 Å². The van der Waals surface area contributed by atoms with Crippen LogP contribution in [0.15, 0.2) is 48.5 Å². The van der Waals surface area contributed by atoms with Crippen LogP contribution in [0.1, 0.15) is 11.1 Å². The molecule has 0 heterocycles. The van der Waals surface area contributed by atoms with Gasteiger partial charge in [-0.3, -0.25) is 9.59 Å². The molecule has 0 aliphatic heterocycles. The first-order chi connectivity index (χ1) is 11.5. The van der Waals surface area contributed by atoms with E-state index >= 15 is 0 Å². The molecule has 0 aliphatic carbocycles. The molecule has 6 heteroatoms. The lowest BCUT2D eigenvalue weighted by atomic mass is 10.1. The van der Waals surface area contributed by atoms with E-state index in [2.05, 4.69) is 4.74 Å². The number of amides is 1. The van der Waals surface area contributed by atoms with Gasteiger partial charge in [0, 0.05) is 6.54 Å². The first-order valence-corrected chi connectivity index (χ1v) is 8.07. The molecule has 0 bridgehead atoms. The van der Waals surface area contributed by atoms with Gasteiger partial charge < -0.3 is 9.64 Å².